The maximum Gasteiger partial charge on any atom is 0.227 e. The molecular formula is C20H27ClN2O2. The van der Waals surface area contributed by atoms with Crippen LogP contribution in [0.4, 0.5) is 5.69 Å². The van der Waals surface area contributed by atoms with Gasteiger partial charge < -0.3 is 10.2 Å². The third-order valence-electron chi connectivity index (χ3n) is 5.55. The fourth-order valence-corrected chi connectivity index (χ4v) is 4.23. The van der Waals surface area contributed by atoms with Gasteiger partial charge in [0, 0.05) is 24.9 Å². The number of hydrogen-bond donors (Lipinski definition) is 1. The van der Waals surface area contributed by atoms with E-state index in [1.807, 2.05) is 23.1 Å². The molecule has 1 saturated carbocycles. The molecule has 136 valence electrons. The summed E-state index contributed by atoms with van der Waals surface area (Å²) in [5.41, 5.74) is 0.662. The Kier molecular flexibility index (Phi) is 6.00. The number of halogens is 1. The molecule has 2 fully saturated rings. The molecule has 1 aliphatic carbocycles. The van der Waals surface area contributed by atoms with Crippen LogP contribution in [0.5, 0.6) is 0 Å². The van der Waals surface area contributed by atoms with Crippen molar-refractivity contribution in [3.63, 3.8) is 0 Å². The number of anilines is 1. The molecular weight excluding hydrogens is 336 g/mol. The third-order valence-corrected chi connectivity index (χ3v) is 5.88. The van der Waals surface area contributed by atoms with Crippen LogP contribution in [0.3, 0.4) is 0 Å². The largest absolute Gasteiger partial charge is 0.342 e. The molecule has 1 aromatic carbocycles. The zero-order valence-corrected chi connectivity index (χ0v) is 15.6. The van der Waals surface area contributed by atoms with Crippen LogP contribution >= 0.6 is 11.6 Å². The van der Waals surface area contributed by atoms with Crippen molar-refractivity contribution in [2.75, 3.05) is 18.4 Å². The minimum Gasteiger partial charge on any atom is -0.342 e. The predicted octanol–water partition coefficient (Wildman–Crippen LogP) is 4.34. The van der Waals surface area contributed by atoms with Crippen molar-refractivity contribution in [2.45, 2.75) is 45.4 Å². The van der Waals surface area contributed by atoms with E-state index in [1.165, 1.54) is 6.42 Å². The standard InChI is InChI=1S/C20H27ClN2O2/c1-14-5-4-12-23(13-14)20(25)16-10-8-15(9-11-16)19(24)22-18-7-3-2-6-17(18)21/h2-3,6-7,14-16H,4-5,8-13H2,1H3,(H,22,24). The topological polar surface area (TPSA) is 49.4 Å². The molecule has 25 heavy (non-hydrogen) atoms. The molecule has 0 spiro atoms. The molecule has 1 unspecified atom stereocenters. The van der Waals surface area contributed by atoms with Crippen LogP contribution in [0, 0.1) is 17.8 Å². The number of carbonyl (C=O) groups excluding carboxylic acids is 2. The number of benzene rings is 1. The highest BCUT2D eigenvalue weighted by atomic mass is 35.5. The van der Waals surface area contributed by atoms with Gasteiger partial charge in [0.25, 0.3) is 0 Å². The van der Waals surface area contributed by atoms with Gasteiger partial charge in [-0.15, -0.1) is 0 Å². The maximum atomic E-state index is 12.7. The van der Waals surface area contributed by atoms with Crippen LogP contribution in [0.2, 0.25) is 5.02 Å². The Bertz CT molecular complexity index is 626. The lowest BCUT2D eigenvalue weighted by molar-refractivity contribution is -0.139. The van der Waals surface area contributed by atoms with Crippen molar-refractivity contribution in [1.29, 1.82) is 0 Å². The molecule has 1 heterocycles. The van der Waals surface area contributed by atoms with Gasteiger partial charge in [0.2, 0.25) is 11.8 Å². The Balaban J connectivity index is 1.50. The zero-order valence-electron chi connectivity index (χ0n) is 14.8. The molecule has 0 bridgehead atoms. The molecule has 2 aliphatic rings. The van der Waals surface area contributed by atoms with Gasteiger partial charge in [0.1, 0.15) is 0 Å². The molecule has 0 aromatic heterocycles. The molecule has 1 N–H and O–H groups in total. The highest BCUT2D eigenvalue weighted by Gasteiger charge is 2.33. The van der Waals surface area contributed by atoms with E-state index < -0.39 is 0 Å². The number of nitrogens with one attached hydrogen (secondary N) is 1. The van der Waals surface area contributed by atoms with E-state index in [1.54, 1.807) is 6.07 Å². The summed E-state index contributed by atoms with van der Waals surface area (Å²) in [6.07, 6.45) is 5.50. The Hall–Kier alpha value is -1.55. The summed E-state index contributed by atoms with van der Waals surface area (Å²) < 4.78 is 0. The van der Waals surface area contributed by atoms with Crippen molar-refractivity contribution in [3.05, 3.63) is 29.3 Å². The number of amides is 2. The van der Waals surface area contributed by atoms with Crippen molar-refractivity contribution in [2.24, 2.45) is 17.8 Å². The summed E-state index contributed by atoms with van der Waals surface area (Å²) in [7, 11) is 0. The van der Waals surface area contributed by atoms with Crippen LogP contribution in [0.25, 0.3) is 0 Å². The Morgan fingerprint density at radius 3 is 2.44 bits per heavy atom. The smallest absolute Gasteiger partial charge is 0.227 e. The van der Waals surface area contributed by atoms with Gasteiger partial charge in [-0.25, -0.2) is 0 Å². The van der Waals surface area contributed by atoms with Crippen LogP contribution < -0.4 is 5.32 Å². The number of rotatable bonds is 3. The minimum absolute atomic E-state index is 0.0191. The molecule has 1 atom stereocenters. The van der Waals surface area contributed by atoms with E-state index in [-0.39, 0.29) is 17.7 Å². The van der Waals surface area contributed by atoms with Gasteiger partial charge in [-0.1, -0.05) is 30.7 Å². The Morgan fingerprint density at radius 1 is 1.08 bits per heavy atom. The SMILES string of the molecule is CC1CCCN(C(=O)C2CCC(C(=O)Nc3ccccc3Cl)CC2)C1. The van der Waals surface area contributed by atoms with E-state index in [4.69, 9.17) is 11.6 Å². The second kappa shape index (κ2) is 8.22. The lowest BCUT2D eigenvalue weighted by atomic mass is 9.80. The molecule has 1 saturated heterocycles. The van der Waals surface area contributed by atoms with Crippen LogP contribution in [-0.4, -0.2) is 29.8 Å². The van der Waals surface area contributed by atoms with Crippen molar-refractivity contribution in [1.82, 2.24) is 4.90 Å². The zero-order chi connectivity index (χ0) is 17.8. The van der Waals surface area contributed by atoms with E-state index in [0.29, 0.717) is 22.5 Å². The summed E-state index contributed by atoms with van der Waals surface area (Å²) in [5.74, 6) is 0.993. The normalized spacial score (nSPS) is 27.0. The molecule has 1 aromatic rings. The first kappa shape index (κ1) is 18.2. The van der Waals surface area contributed by atoms with Gasteiger partial charge in [-0.05, 0) is 56.6 Å². The number of likely N-dealkylation sites (tertiary alicyclic amines) is 1. The first-order valence-electron chi connectivity index (χ1n) is 9.38. The van der Waals surface area contributed by atoms with Crippen LogP contribution in [0.15, 0.2) is 24.3 Å². The van der Waals surface area contributed by atoms with Gasteiger partial charge in [0.15, 0.2) is 0 Å². The third kappa shape index (κ3) is 4.55. The van der Waals surface area contributed by atoms with Gasteiger partial charge in [-0.3, -0.25) is 9.59 Å². The van der Waals surface area contributed by atoms with Crippen LogP contribution in [-0.2, 0) is 9.59 Å². The average molecular weight is 363 g/mol. The highest BCUT2D eigenvalue weighted by Crippen LogP contribution is 2.32. The van der Waals surface area contributed by atoms with Gasteiger partial charge >= 0.3 is 0 Å². The second-order valence-electron chi connectivity index (χ2n) is 7.55. The van der Waals surface area contributed by atoms with E-state index in [9.17, 15) is 9.59 Å². The fraction of sp³-hybridized carbons (Fsp3) is 0.600. The fourth-order valence-electron chi connectivity index (χ4n) is 4.05. The number of nitrogens with zero attached hydrogens (tertiary/aromatic N) is 1. The minimum atomic E-state index is -0.0272. The molecule has 0 radical (unpaired) electrons. The summed E-state index contributed by atoms with van der Waals surface area (Å²) in [6, 6.07) is 7.28. The molecule has 2 amide bonds. The van der Waals surface area contributed by atoms with E-state index in [2.05, 4.69) is 12.2 Å². The average Bonchev–Trinajstić information content (AvgIpc) is 2.63. The second-order valence-corrected chi connectivity index (χ2v) is 7.96. The van der Waals surface area contributed by atoms with Gasteiger partial charge in [-0.2, -0.15) is 0 Å². The first-order chi connectivity index (χ1) is 12.0. The highest BCUT2D eigenvalue weighted by molar-refractivity contribution is 6.33. The molecule has 4 nitrogen and oxygen atoms in total. The molecule has 3 rings (SSSR count). The Morgan fingerprint density at radius 2 is 1.76 bits per heavy atom. The van der Waals surface area contributed by atoms with Crippen molar-refractivity contribution >= 4 is 29.1 Å². The summed E-state index contributed by atoms with van der Waals surface area (Å²) in [4.78, 5) is 27.2. The monoisotopic (exact) mass is 362 g/mol. The van der Waals surface area contributed by atoms with Gasteiger partial charge in [0.05, 0.1) is 10.7 Å². The van der Waals surface area contributed by atoms with Crippen molar-refractivity contribution < 1.29 is 9.59 Å². The van der Waals surface area contributed by atoms with E-state index >= 15 is 0 Å². The Labute approximate surface area is 154 Å². The maximum absolute atomic E-state index is 12.7. The lowest BCUT2D eigenvalue weighted by Crippen LogP contribution is -2.43. The number of hydrogen-bond acceptors (Lipinski definition) is 2. The molecule has 1 aliphatic heterocycles. The number of piperidine rings is 1. The lowest BCUT2D eigenvalue weighted by Gasteiger charge is -2.35. The predicted molar refractivity (Wildman–Crippen MR) is 101 cm³/mol. The summed E-state index contributed by atoms with van der Waals surface area (Å²) in [6.45, 7) is 4.01. The quantitative estimate of drug-likeness (QED) is 0.869. The molecule has 5 heteroatoms. The van der Waals surface area contributed by atoms with Crippen LogP contribution in [0.1, 0.15) is 45.4 Å². The number of carbonyl (C=O) groups is 2. The first-order valence-corrected chi connectivity index (χ1v) is 9.76. The van der Waals surface area contributed by atoms with Crippen molar-refractivity contribution in [3.8, 4) is 0 Å². The van der Waals surface area contributed by atoms with E-state index in [0.717, 1.165) is 45.2 Å². The summed E-state index contributed by atoms with van der Waals surface area (Å²) >= 11 is 6.10. The number of para-hydroxylation sites is 1. The summed E-state index contributed by atoms with van der Waals surface area (Å²) in [5, 5.41) is 3.48.